The largest absolute Gasteiger partial charge is 0.335 e. The van der Waals surface area contributed by atoms with E-state index in [0.717, 1.165) is 12.8 Å². The van der Waals surface area contributed by atoms with Gasteiger partial charge in [-0.15, -0.1) is 0 Å². The molecule has 2 atom stereocenters. The Kier molecular flexibility index (Phi) is 4.37. The zero-order valence-electron chi connectivity index (χ0n) is 13.8. The van der Waals surface area contributed by atoms with E-state index in [4.69, 9.17) is 0 Å². The van der Waals surface area contributed by atoms with Gasteiger partial charge in [-0.2, -0.15) is 0 Å². The second-order valence-corrected chi connectivity index (χ2v) is 7.00. The number of hydrogen-bond donors (Lipinski definition) is 2. The van der Waals surface area contributed by atoms with E-state index < -0.39 is 0 Å². The van der Waals surface area contributed by atoms with Crippen molar-refractivity contribution in [2.75, 3.05) is 0 Å². The number of amides is 2. The summed E-state index contributed by atoms with van der Waals surface area (Å²) in [5.41, 5.74) is 2.26. The highest BCUT2D eigenvalue weighted by Crippen LogP contribution is 2.40. The molecule has 1 saturated carbocycles. The molecule has 0 saturated heterocycles. The molecular weight excluding hydrogens is 284 g/mol. The van der Waals surface area contributed by atoms with Crippen LogP contribution in [-0.4, -0.2) is 17.6 Å². The molecule has 1 aliphatic rings. The predicted octanol–water partition coefficient (Wildman–Crippen LogP) is 3.86. The molecule has 0 aromatic heterocycles. The van der Waals surface area contributed by atoms with E-state index in [1.165, 1.54) is 11.1 Å². The summed E-state index contributed by atoms with van der Waals surface area (Å²) in [7, 11) is 0. The SMILES string of the molecule is CC(C)(Cc1ccccc1)NC(=O)NC1CC1c1ccccc1. The van der Waals surface area contributed by atoms with Crippen LogP contribution in [0.2, 0.25) is 0 Å². The first-order chi connectivity index (χ1) is 11.0. The topological polar surface area (TPSA) is 41.1 Å². The fourth-order valence-electron chi connectivity index (χ4n) is 3.09. The van der Waals surface area contributed by atoms with E-state index in [1.807, 2.05) is 36.4 Å². The smallest absolute Gasteiger partial charge is 0.315 e. The maximum atomic E-state index is 12.3. The number of benzene rings is 2. The molecule has 120 valence electrons. The normalized spacial score (nSPS) is 19.9. The number of rotatable bonds is 5. The lowest BCUT2D eigenvalue weighted by atomic mass is 9.95. The molecule has 0 heterocycles. The minimum Gasteiger partial charge on any atom is -0.335 e. The van der Waals surface area contributed by atoms with Crippen LogP contribution < -0.4 is 10.6 Å². The third kappa shape index (κ3) is 4.35. The average molecular weight is 308 g/mol. The second kappa shape index (κ2) is 6.45. The number of nitrogens with one attached hydrogen (secondary N) is 2. The van der Waals surface area contributed by atoms with Crippen molar-refractivity contribution < 1.29 is 4.79 Å². The molecule has 2 N–H and O–H groups in total. The fraction of sp³-hybridized carbons (Fsp3) is 0.350. The van der Waals surface area contributed by atoms with Gasteiger partial charge in [0.2, 0.25) is 0 Å². The minimum absolute atomic E-state index is 0.0747. The van der Waals surface area contributed by atoms with Crippen molar-refractivity contribution in [1.29, 1.82) is 0 Å². The van der Waals surface area contributed by atoms with Crippen molar-refractivity contribution in [3.05, 3.63) is 71.8 Å². The Morgan fingerprint density at radius 1 is 1.04 bits per heavy atom. The third-order valence-electron chi connectivity index (χ3n) is 4.28. The highest BCUT2D eigenvalue weighted by molar-refractivity contribution is 5.75. The minimum atomic E-state index is -0.275. The summed E-state index contributed by atoms with van der Waals surface area (Å²) >= 11 is 0. The second-order valence-electron chi connectivity index (χ2n) is 7.00. The van der Waals surface area contributed by atoms with Gasteiger partial charge >= 0.3 is 6.03 Å². The van der Waals surface area contributed by atoms with Crippen molar-refractivity contribution in [1.82, 2.24) is 10.6 Å². The molecule has 3 rings (SSSR count). The molecular formula is C20H24N2O. The summed E-state index contributed by atoms with van der Waals surface area (Å²) in [6.45, 7) is 4.11. The summed E-state index contributed by atoms with van der Waals surface area (Å²) in [4.78, 5) is 12.3. The lowest BCUT2D eigenvalue weighted by Crippen LogP contribution is -2.50. The van der Waals surface area contributed by atoms with E-state index in [9.17, 15) is 4.79 Å². The van der Waals surface area contributed by atoms with Gasteiger partial charge in [-0.1, -0.05) is 60.7 Å². The summed E-state index contributed by atoms with van der Waals surface area (Å²) in [6.07, 6.45) is 1.84. The molecule has 3 nitrogen and oxygen atoms in total. The molecule has 0 spiro atoms. The highest BCUT2D eigenvalue weighted by atomic mass is 16.2. The molecule has 2 unspecified atom stereocenters. The zero-order chi connectivity index (χ0) is 16.3. The number of carbonyl (C=O) groups is 1. The van der Waals surface area contributed by atoms with Crippen molar-refractivity contribution >= 4 is 6.03 Å². The van der Waals surface area contributed by atoms with E-state index in [1.54, 1.807) is 0 Å². The van der Waals surface area contributed by atoms with Crippen LogP contribution in [0.15, 0.2) is 60.7 Å². The molecule has 2 amide bonds. The molecule has 2 aromatic carbocycles. The molecule has 0 radical (unpaired) electrons. The fourth-order valence-corrected chi connectivity index (χ4v) is 3.09. The summed E-state index contributed by atoms with van der Waals surface area (Å²) in [5.74, 6) is 0.458. The van der Waals surface area contributed by atoms with Crippen LogP contribution in [0.3, 0.4) is 0 Å². The van der Waals surface area contributed by atoms with Gasteiger partial charge in [0, 0.05) is 17.5 Å². The predicted molar refractivity (Wildman–Crippen MR) is 93.5 cm³/mol. The van der Waals surface area contributed by atoms with Crippen molar-refractivity contribution in [2.24, 2.45) is 0 Å². The molecule has 3 heteroatoms. The van der Waals surface area contributed by atoms with Gasteiger partial charge in [-0.25, -0.2) is 4.79 Å². The lowest BCUT2D eigenvalue weighted by molar-refractivity contribution is 0.229. The van der Waals surface area contributed by atoms with Crippen LogP contribution in [0, 0.1) is 0 Å². The maximum absolute atomic E-state index is 12.3. The Morgan fingerprint density at radius 3 is 2.30 bits per heavy atom. The van der Waals surface area contributed by atoms with Gasteiger partial charge < -0.3 is 10.6 Å². The summed E-state index contributed by atoms with van der Waals surface area (Å²) in [6, 6.07) is 20.8. The van der Waals surface area contributed by atoms with Gasteiger partial charge in [-0.3, -0.25) is 0 Å². The first kappa shape index (κ1) is 15.6. The van der Waals surface area contributed by atoms with Crippen molar-refractivity contribution in [2.45, 2.75) is 44.2 Å². The summed E-state index contributed by atoms with van der Waals surface area (Å²) < 4.78 is 0. The Labute approximate surface area is 138 Å². The van der Waals surface area contributed by atoms with E-state index in [2.05, 4.69) is 48.7 Å². The molecule has 2 aromatic rings. The van der Waals surface area contributed by atoms with Crippen LogP contribution in [0.1, 0.15) is 37.3 Å². The van der Waals surface area contributed by atoms with Gasteiger partial charge in [0.25, 0.3) is 0 Å². The van der Waals surface area contributed by atoms with Crippen LogP contribution in [0.25, 0.3) is 0 Å². The van der Waals surface area contributed by atoms with Gasteiger partial charge in [-0.05, 0) is 37.8 Å². The Bertz CT molecular complexity index is 652. The first-order valence-electron chi connectivity index (χ1n) is 8.21. The van der Waals surface area contributed by atoms with Crippen LogP contribution in [0.4, 0.5) is 4.79 Å². The number of hydrogen-bond acceptors (Lipinski definition) is 1. The average Bonchev–Trinajstić information content (AvgIpc) is 3.27. The molecule has 0 aliphatic heterocycles. The van der Waals surface area contributed by atoms with E-state index in [-0.39, 0.29) is 17.6 Å². The standard InChI is InChI=1S/C20H24N2O/c1-20(2,14-15-9-5-3-6-10-15)22-19(23)21-18-13-17(18)16-11-7-4-8-12-16/h3-12,17-18H,13-14H2,1-2H3,(H2,21,22,23). The quantitative estimate of drug-likeness (QED) is 0.865. The Hall–Kier alpha value is -2.29. The lowest BCUT2D eigenvalue weighted by Gasteiger charge is -2.26. The van der Waals surface area contributed by atoms with Crippen LogP contribution in [0.5, 0.6) is 0 Å². The molecule has 1 aliphatic carbocycles. The Morgan fingerprint density at radius 2 is 1.65 bits per heavy atom. The van der Waals surface area contributed by atoms with Crippen LogP contribution >= 0.6 is 0 Å². The van der Waals surface area contributed by atoms with Gasteiger partial charge in [0.15, 0.2) is 0 Å². The number of urea groups is 1. The third-order valence-corrected chi connectivity index (χ3v) is 4.28. The molecule has 0 bridgehead atoms. The van der Waals surface area contributed by atoms with Gasteiger partial charge in [0.1, 0.15) is 0 Å². The monoisotopic (exact) mass is 308 g/mol. The number of carbonyl (C=O) groups excluding carboxylic acids is 1. The van der Waals surface area contributed by atoms with Crippen molar-refractivity contribution in [3.8, 4) is 0 Å². The van der Waals surface area contributed by atoms with E-state index >= 15 is 0 Å². The summed E-state index contributed by atoms with van der Waals surface area (Å²) in [5, 5.41) is 6.19. The molecule has 1 fully saturated rings. The van der Waals surface area contributed by atoms with E-state index in [0.29, 0.717) is 5.92 Å². The zero-order valence-corrected chi connectivity index (χ0v) is 13.8. The first-order valence-corrected chi connectivity index (χ1v) is 8.21. The highest BCUT2D eigenvalue weighted by Gasteiger charge is 2.39. The van der Waals surface area contributed by atoms with Gasteiger partial charge in [0.05, 0.1) is 0 Å². The van der Waals surface area contributed by atoms with Crippen molar-refractivity contribution in [3.63, 3.8) is 0 Å². The van der Waals surface area contributed by atoms with Crippen LogP contribution in [-0.2, 0) is 6.42 Å². The molecule has 23 heavy (non-hydrogen) atoms. The Balaban J connectivity index is 1.50. The maximum Gasteiger partial charge on any atom is 0.315 e.